The minimum absolute atomic E-state index is 0.0651. The van der Waals surface area contributed by atoms with Crippen molar-refractivity contribution >= 4 is 5.91 Å². The summed E-state index contributed by atoms with van der Waals surface area (Å²) >= 11 is 0. The van der Waals surface area contributed by atoms with E-state index in [-0.39, 0.29) is 11.9 Å². The van der Waals surface area contributed by atoms with Gasteiger partial charge in [0.05, 0.1) is 6.54 Å². The molecule has 0 radical (unpaired) electrons. The highest BCUT2D eigenvalue weighted by molar-refractivity contribution is 5.78. The van der Waals surface area contributed by atoms with Crippen molar-refractivity contribution in [2.24, 2.45) is 11.8 Å². The maximum absolute atomic E-state index is 11.7. The number of carbonyl (C=O) groups excluding carboxylic acids is 1. The first-order chi connectivity index (χ1) is 9.00. The van der Waals surface area contributed by atoms with Crippen molar-refractivity contribution in [1.29, 1.82) is 0 Å². The molecule has 0 aliphatic rings. The van der Waals surface area contributed by atoms with E-state index in [9.17, 15) is 4.79 Å². The summed E-state index contributed by atoms with van der Waals surface area (Å²) in [7, 11) is 0. The second-order valence-corrected chi connectivity index (χ2v) is 5.71. The van der Waals surface area contributed by atoms with E-state index in [2.05, 4.69) is 50.5 Å². The largest absolute Gasteiger partial charge is 0.355 e. The summed E-state index contributed by atoms with van der Waals surface area (Å²) in [6, 6.07) is 10.5. The molecule has 0 aliphatic heterocycles. The molecule has 0 fully saturated rings. The fraction of sp³-hybridized carbons (Fsp3) is 0.562. The zero-order valence-electron chi connectivity index (χ0n) is 12.4. The number of nitrogens with one attached hydrogen (secondary N) is 2. The summed E-state index contributed by atoms with van der Waals surface area (Å²) in [6.45, 7) is 9.61. The second kappa shape index (κ2) is 7.95. The van der Waals surface area contributed by atoms with Crippen LogP contribution in [0.15, 0.2) is 30.3 Å². The van der Waals surface area contributed by atoms with Crippen molar-refractivity contribution in [2.45, 2.75) is 33.7 Å². The number of benzene rings is 1. The fourth-order valence-electron chi connectivity index (χ4n) is 1.98. The van der Waals surface area contributed by atoms with Gasteiger partial charge in [-0.1, -0.05) is 58.0 Å². The van der Waals surface area contributed by atoms with Crippen molar-refractivity contribution in [1.82, 2.24) is 10.6 Å². The first kappa shape index (κ1) is 15.7. The molecule has 0 saturated carbocycles. The average Bonchev–Trinajstić information content (AvgIpc) is 2.37. The van der Waals surface area contributed by atoms with Crippen molar-refractivity contribution in [2.75, 3.05) is 13.1 Å². The van der Waals surface area contributed by atoms with Crippen LogP contribution in [0.5, 0.6) is 0 Å². The Balaban J connectivity index is 2.49. The molecule has 1 aromatic rings. The third kappa shape index (κ3) is 5.88. The van der Waals surface area contributed by atoms with Crippen LogP contribution in [0.1, 0.15) is 39.3 Å². The van der Waals surface area contributed by atoms with Gasteiger partial charge in [0.2, 0.25) is 5.91 Å². The number of rotatable bonds is 7. The Bertz CT molecular complexity index is 374. The molecule has 0 bridgehead atoms. The highest BCUT2D eigenvalue weighted by atomic mass is 16.1. The van der Waals surface area contributed by atoms with Crippen LogP contribution in [0.2, 0.25) is 0 Å². The standard InChI is InChI=1S/C16H26N2O/c1-12(2)10-17-15(19)11-18-16(13(3)4)14-8-6-5-7-9-14/h5-9,12-13,16,18H,10-11H2,1-4H3,(H,17,19). The lowest BCUT2D eigenvalue weighted by Gasteiger charge is -2.23. The zero-order valence-corrected chi connectivity index (χ0v) is 12.4. The first-order valence-electron chi connectivity index (χ1n) is 7.05. The number of carbonyl (C=O) groups is 1. The van der Waals surface area contributed by atoms with Crippen LogP contribution in [0.25, 0.3) is 0 Å². The topological polar surface area (TPSA) is 41.1 Å². The van der Waals surface area contributed by atoms with E-state index >= 15 is 0 Å². The molecule has 0 saturated heterocycles. The van der Waals surface area contributed by atoms with Gasteiger partial charge in [0.1, 0.15) is 0 Å². The Morgan fingerprint density at radius 2 is 1.74 bits per heavy atom. The molecule has 3 nitrogen and oxygen atoms in total. The van der Waals surface area contributed by atoms with Crippen LogP contribution < -0.4 is 10.6 Å². The van der Waals surface area contributed by atoms with Gasteiger partial charge in [0, 0.05) is 12.6 Å². The first-order valence-corrected chi connectivity index (χ1v) is 7.05. The summed E-state index contributed by atoms with van der Waals surface area (Å²) in [5, 5.41) is 6.27. The Labute approximate surface area is 116 Å². The lowest BCUT2D eigenvalue weighted by molar-refractivity contribution is -0.120. The Hall–Kier alpha value is -1.35. The molecule has 1 atom stereocenters. The maximum atomic E-state index is 11.7. The molecule has 0 aromatic heterocycles. The fourth-order valence-corrected chi connectivity index (χ4v) is 1.98. The van der Waals surface area contributed by atoms with Gasteiger partial charge in [0.15, 0.2) is 0 Å². The highest BCUT2D eigenvalue weighted by Crippen LogP contribution is 2.20. The molecular weight excluding hydrogens is 236 g/mol. The highest BCUT2D eigenvalue weighted by Gasteiger charge is 2.16. The maximum Gasteiger partial charge on any atom is 0.233 e. The van der Waals surface area contributed by atoms with Gasteiger partial charge >= 0.3 is 0 Å². The monoisotopic (exact) mass is 262 g/mol. The molecule has 1 unspecified atom stereocenters. The van der Waals surface area contributed by atoms with Crippen LogP contribution in [-0.2, 0) is 4.79 Å². The van der Waals surface area contributed by atoms with E-state index in [1.165, 1.54) is 5.56 Å². The third-order valence-electron chi connectivity index (χ3n) is 3.02. The molecule has 1 amide bonds. The summed E-state index contributed by atoms with van der Waals surface area (Å²) in [4.78, 5) is 11.7. The van der Waals surface area contributed by atoms with Crippen LogP contribution in [0, 0.1) is 11.8 Å². The lowest BCUT2D eigenvalue weighted by Crippen LogP contribution is -2.38. The molecule has 106 valence electrons. The van der Waals surface area contributed by atoms with Crippen molar-refractivity contribution in [3.63, 3.8) is 0 Å². The van der Waals surface area contributed by atoms with Gasteiger partial charge in [-0.3, -0.25) is 4.79 Å². The second-order valence-electron chi connectivity index (χ2n) is 5.71. The van der Waals surface area contributed by atoms with E-state index in [1.54, 1.807) is 0 Å². The van der Waals surface area contributed by atoms with Crippen LogP contribution in [0.3, 0.4) is 0 Å². The summed E-state index contributed by atoms with van der Waals surface area (Å²) < 4.78 is 0. The van der Waals surface area contributed by atoms with E-state index in [0.717, 1.165) is 6.54 Å². The number of amides is 1. The van der Waals surface area contributed by atoms with Gasteiger partial charge in [0.25, 0.3) is 0 Å². The predicted molar refractivity (Wildman–Crippen MR) is 79.9 cm³/mol. The van der Waals surface area contributed by atoms with E-state index in [0.29, 0.717) is 18.4 Å². The molecule has 2 N–H and O–H groups in total. The van der Waals surface area contributed by atoms with Gasteiger partial charge in [-0.15, -0.1) is 0 Å². The van der Waals surface area contributed by atoms with Crippen molar-refractivity contribution in [3.05, 3.63) is 35.9 Å². The van der Waals surface area contributed by atoms with Gasteiger partial charge in [-0.25, -0.2) is 0 Å². The van der Waals surface area contributed by atoms with Gasteiger partial charge in [-0.2, -0.15) is 0 Å². The van der Waals surface area contributed by atoms with E-state index in [4.69, 9.17) is 0 Å². The Kier molecular flexibility index (Phi) is 6.57. The predicted octanol–water partition coefficient (Wildman–Crippen LogP) is 2.75. The van der Waals surface area contributed by atoms with Gasteiger partial charge < -0.3 is 10.6 Å². The van der Waals surface area contributed by atoms with Crippen LogP contribution in [0.4, 0.5) is 0 Å². The molecule has 19 heavy (non-hydrogen) atoms. The SMILES string of the molecule is CC(C)CNC(=O)CNC(c1ccccc1)C(C)C. The Morgan fingerprint density at radius 1 is 1.11 bits per heavy atom. The molecule has 1 aromatic carbocycles. The molecule has 1 rings (SSSR count). The average molecular weight is 262 g/mol. The van der Waals surface area contributed by atoms with Crippen molar-refractivity contribution < 1.29 is 4.79 Å². The van der Waals surface area contributed by atoms with Gasteiger partial charge in [-0.05, 0) is 17.4 Å². The molecule has 3 heteroatoms. The Morgan fingerprint density at radius 3 is 2.26 bits per heavy atom. The zero-order chi connectivity index (χ0) is 14.3. The quantitative estimate of drug-likeness (QED) is 0.793. The van der Waals surface area contributed by atoms with Crippen molar-refractivity contribution in [3.8, 4) is 0 Å². The minimum Gasteiger partial charge on any atom is -0.355 e. The summed E-state index contributed by atoms with van der Waals surface area (Å²) in [6.07, 6.45) is 0. The lowest BCUT2D eigenvalue weighted by atomic mass is 9.96. The summed E-state index contributed by atoms with van der Waals surface area (Å²) in [5.74, 6) is 0.995. The number of hydrogen-bond acceptors (Lipinski definition) is 2. The summed E-state index contributed by atoms with van der Waals surface area (Å²) in [5.41, 5.74) is 1.23. The molecule has 0 spiro atoms. The molecule has 0 aliphatic carbocycles. The normalized spacial score (nSPS) is 12.7. The number of hydrogen-bond donors (Lipinski definition) is 2. The smallest absolute Gasteiger partial charge is 0.233 e. The molecule has 0 heterocycles. The van der Waals surface area contributed by atoms with Crippen LogP contribution >= 0.6 is 0 Å². The molecular formula is C16H26N2O. The third-order valence-corrected chi connectivity index (χ3v) is 3.02. The van der Waals surface area contributed by atoms with Crippen LogP contribution in [-0.4, -0.2) is 19.0 Å². The van der Waals surface area contributed by atoms with E-state index in [1.807, 2.05) is 18.2 Å². The van der Waals surface area contributed by atoms with E-state index < -0.39 is 0 Å². The minimum atomic E-state index is 0.0651.